The molecule has 1 saturated carbocycles. The molecular weight excluding hydrogens is 256 g/mol. The fourth-order valence-electron chi connectivity index (χ4n) is 2.56. The van der Waals surface area contributed by atoms with Crippen LogP contribution in [0.2, 0.25) is 0 Å². The third-order valence-electron chi connectivity index (χ3n) is 3.87. The van der Waals surface area contributed by atoms with Crippen molar-refractivity contribution >= 4 is 5.78 Å². The molecule has 5 nitrogen and oxygen atoms in total. The van der Waals surface area contributed by atoms with Crippen molar-refractivity contribution in [1.82, 2.24) is 9.97 Å². The summed E-state index contributed by atoms with van der Waals surface area (Å²) in [5.41, 5.74) is 0.508. The highest BCUT2D eigenvalue weighted by molar-refractivity contribution is 5.78. The van der Waals surface area contributed by atoms with E-state index in [1.165, 1.54) is 0 Å². The minimum Gasteiger partial charge on any atom is -0.470 e. The number of ether oxygens (including phenoxy) is 1. The van der Waals surface area contributed by atoms with E-state index in [4.69, 9.17) is 4.74 Å². The Morgan fingerprint density at radius 2 is 2.20 bits per heavy atom. The minimum atomic E-state index is -0.291. The van der Waals surface area contributed by atoms with Gasteiger partial charge in [0, 0.05) is 11.6 Å². The Morgan fingerprint density at radius 1 is 1.45 bits per heavy atom. The number of hydrogen-bond acceptors (Lipinski definition) is 4. The molecule has 0 bridgehead atoms. The Bertz CT molecular complexity index is 536. The predicted octanol–water partition coefficient (Wildman–Crippen LogP) is 2.42. The van der Waals surface area contributed by atoms with E-state index in [1.807, 2.05) is 13.8 Å². The van der Waals surface area contributed by atoms with E-state index >= 15 is 0 Å². The summed E-state index contributed by atoms with van der Waals surface area (Å²) in [5.74, 6) is 0.600. The topological polar surface area (TPSA) is 72.0 Å². The molecule has 0 amide bonds. The number of aromatic amines is 1. The highest BCUT2D eigenvalue weighted by atomic mass is 16.5. The van der Waals surface area contributed by atoms with E-state index in [1.54, 1.807) is 13.1 Å². The van der Waals surface area contributed by atoms with Crippen LogP contribution in [0.15, 0.2) is 11.0 Å². The molecule has 0 aromatic carbocycles. The number of nitrogens with zero attached hydrogens (tertiary/aromatic N) is 1. The van der Waals surface area contributed by atoms with Gasteiger partial charge in [0.05, 0.1) is 6.20 Å². The lowest BCUT2D eigenvalue weighted by Crippen LogP contribution is -2.31. The zero-order valence-corrected chi connectivity index (χ0v) is 12.3. The Hall–Kier alpha value is -1.65. The van der Waals surface area contributed by atoms with Crippen molar-refractivity contribution in [2.75, 3.05) is 0 Å². The molecule has 20 heavy (non-hydrogen) atoms. The minimum absolute atomic E-state index is 0.0581. The number of nitrogens with one attached hydrogen (secondary N) is 1. The number of ketones is 1. The van der Waals surface area contributed by atoms with Gasteiger partial charge in [0.15, 0.2) is 0 Å². The number of rotatable bonds is 4. The Balaban J connectivity index is 2.06. The van der Waals surface area contributed by atoms with Gasteiger partial charge in [-0.1, -0.05) is 13.8 Å². The van der Waals surface area contributed by atoms with Crippen molar-refractivity contribution in [3.63, 3.8) is 0 Å². The first-order valence-corrected chi connectivity index (χ1v) is 7.23. The summed E-state index contributed by atoms with van der Waals surface area (Å²) in [5, 5.41) is 0. The summed E-state index contributed by atoms with van der Waals surface area (Å²) in [6, 6.07) is 0. The number of Topliss-reactive ketones (excluding diaryl/α,β-unsaturated/α-hetero) is 1. The van der Waals surface area contributed by atoms with Crippen molar-refractivity contribution in [2.45, 2.75) is 58.5 Å². The van der Waals surface area contributed by atoms with Crippen LogP contribution in [0, 0.1) is 5.92 Å². The van der Waals surface area contributed by atoms with Crippen LogP contribution < -0.4 is 10.3 Å². The fraction of sp³-hybridized carbons (Fsp3) is 0.667. The van der Waals surface area contributed by atoms with Gasteiger partial charge in [0.2, 0.25) is 0 Å². The monoisotopic (exact) mass is 278 g/mol. The van der Waals surface area contributed by atoms with Crippen LogP contribution in [0.4, 0.5) is 0 Å². The lowest BCUT2D eigenvalue weighted by atomic mass is 9.85. The number of carbonyl (C=O) groups is 1. The third kappa shape index (κ3) is 3.46. The molecule has 1 aromatic heterocycles. The average Bonchev–Trinajstić information content (AvgIpc) is 2.41. The number of hydrogen-bond donors (Lipinski definition) is 1. The maximum atomic E-state index is 11.9. The van der Waals surface area contributed by atoms with Gasteiger partial charge in [-0.05, 0) is 38.5 Å². The molecule has 0 radical (unpaired) electrons. The molecule has 1 fully saturated rings. The zero-order chi connectivity index (χ0) is 14.7. The summed E-state index contributed by atoms with van der Waals surface area (Å²) in [6.45, 7) is 5.60. The summed E-state index contributed by atoms with van der Waals surface area (Å²) in [4.78, 5) is 30.3. The summed E-state index contributed by atoms with van der Waals surface area (Å²) >= 11 is 0. The van der Waals surface area contributed by atoms with Crippen molar-refractivity contribution in [3.05, 3.63) is 22.2 Å². The van der Waals surface area contributed by atoms with Gasteiger partial charge in [-0.15, -0.1) is 0 Å². The molecule has 0 aliphatic heterocycles. The number of aromatic nitrogens is 2. The number of H-pyrrole nitrogens is 1. The van der Waals surface area contributed by atoms with Gasteiger partial charge in [-0.25, -0.2) is 4.98 Å². The number of carbonyl (C=O) groups excluding carboxylic acids is 1. The SMILES string of the molecule is CC(=O)[C@H]1CCC[C@H](Oc2ncc(C(C)C)[nH]c2=O)C1. The Kier molecular flexibility index (Phi) is 4.57. The van der Waals surface area contributed by atoms with Crippen molar-refractivity contribution in [1.29, 1.82) is 0 Å². The zero-order valence-electron chi connectivity index (χ0n) is 12.3. The molecule has 0 saturated heterocycles. The molecule has 0 unspecified atom stereocenters. The van der Waals surface area contributed by atoms with E-state index in [0.717, 1.165) is 25.0 Å². The van der Waals surface area contributed by atoms with E-state index < -0.39 is 0 Å². The molecule has 1 N–H and O–H groups in total. The quantitative estimate of drug-likeness (QED) is 0.918. The predicted molar refractivity (Wildman–Crippen MR) is 76.0 cm³/mol. The van der Waals surface area contributed by atoms with E-state index in [-0.39, 0.29) is 35.2 Å². The molecule has 5 heteroatoms. The highest BCUT2D eigenvalue weighted by Crippen LogP contribution is 2.27. The molecule has 1 aromatic rings. The van der Waals surface area contributed by atoms with Gasteiger partial charge in [0.25, 0.3) is 5.88 Å². The van der Waals surface area contributed by atoms with Crippen molar-refractivity contribution in [2.24, 2.45) is 5.92 Å². The molecule has 2 atom stereocenters. The maximum Gasteiger partial charge on any atom is 0.310 e. The second-order valence-corrected chi connectivity index (χ2v) is 5.84. The maximum absolute atomic E-state index is 11.9. The molecule has 1 aliphatic carbocycles. The third-order valence-corrected chi connectivity index (χ3v) is 3.87. The molecule has 110 valence electrons. The first-order valence-electron chi connectivity index (χ1n) is 7.23. The van der Waals surface area contributed by atoms with Crippen molar-refractivity contribution < 1.29 is 9.53 Å². The van der Waals surface area contributed by atoms with Gasteiger partial charge < -0.3 is 9.72 Å². The highest BCUT2D eigenvalue weighted by Gasteiger charge is 2.27. The summed E-state index contributed by atoms with van der Waals surface area (Å²) in [6.07, 6.45) is 4.99. The lowest BCUT2D eigenvalue weighted by molar-refractivity contribution is -0.122. The first-order chi connectivity index (χ1) is 9.47. The van der Waals surface area contributed by atoms with Gasteiger partial charge >= 0.3 is 5.56 Å². The Labute approximate surface area is 118 Å². The molecule has 1 aliphatic rings. The van der Waals surface area contributed by atoms with Crippen LogP contribution in [0.3, 0.4) is 0 Å². The first kappa shape index (κ1) is 14.8. The van der Waals surface area contributed by atoms with Gasteiger partial charge in [0.1, 0.15) is 11.9 Å². The molecule has 1 heterocycles. The average molecular weight is 278 g/mol. The van der Waals surface area contributed by atoms with E-state index in [9.17, 15) is 9.59 Å². The standard InChI is InChI=1S/C15H22N2O3/c1-9(2)13-8-16-15(14(19)17-13)20-12-6-4-5-11(7-12)10(3)18/h8-9,11-12H,4-7H2,1-3H3,(H,17,19)/t11-,12-/m0/s1. The van der Waals surface area contributed by atoms with Crippen LogP contribution >= 0.6 is 0 Å². The normalized spacial score (nSPS) is 22.8. The van der Waals surface area contributed by atoms with E-state index in [2.05, 4.69) is 9.97 Å². The van der Waals surface area contributed by atoms with Crippen LogP contribution in [-0.4, -0.2) is 21.9 Å². The van der Waals surface area contributed by atoms with Crippen LogP contribution in [0.1, 0.15) is 58.1 Å². The molecule has 0 spiro atoms. The summed E-state index contributed by atoms with van der Waals surface area (Å²) < 4.78 is 5.69. The van der Waals surface area contributed by atoms with Crippen LogP contribution in [0.5, 0.6) is 5.88 Å². The second kappa shape index (κ2) is 6.20. The van der Waals surface area contributed by atoms with E-state index in [0.29, 0.717) is 6.42 Å². The lowest BCUT2D eigenvalue weighted by Gasteiger charge is -2.27. The summed E-state index contributed by atoms with van der Waals surface area (Å²) in [7, 11) is 0. The second-order valence-electron chi connectivity index (χ2n) is 5.84. The molecular formula is C15H22N2O3. The fourth-order valence-corrected chi connectivity index (χ4v) is 2.56. The molecule has 2 rings (SSSR count). The van der Waals surface area contributed by atoms with Crippen LogP contribution in [0.25, 0.3) is 0 Å². The van der Waals surface area contributed by atoms with Crippen LogP contribution in [-0.2, 0) is 4.79 Å². The van der Waals surface area contributed by atoms with Crippen molar-refractivity contribution in [3.8, 4) is 5.88 Å². The van der Waals surface area contributed by atoms with Gasteiger partial charge in [-0.3, -0.25) is 9.59 Å². The Morgan fingerprint density at radius 3 is 2.80 bits per heavy atom. The smallest absolute Gasteiger partial charge is 0.310 e. The van der Waals surface area contributed by atoms with Gasteiger partial charge in [-0.2, -0.15) is 0 Å². The largest absolute Gasteiger partial charge is 0.470 e.